The van der Waals surface area contributed by atoms with Gasteiger partial charge in [0.25, 0.3) is 5.91 Å². The lowest BCUT2D eigenvalue weighted by atomic mass is 10.2. The molecule has 1 N–H and O–H groups in total. The minimum Gasteiger partial charge on any atom is -0.268 e. The molecule has 0 saturated carbocycles. The van der Waals surface area contributed by atoms with Crippen LogP contribution in [-0.2, 0) is 9.63 Å². The molecule has 18 heavy (non-hydrogen) atoms. The van der Waals surface area contributed by atoms with E-state index in [0.717, 1.165) is 0 Å². The van der Waals surface area contributed by atoms with Gasteiger partial charge in [-0.25, -0.2) is 5.48 Å². The second-order valence-electron chi connectivity index (χ2n) is 4.66. The van der Waals surface area contributed by atoms with Gasteiger partial charge in [-0.2, -0.15) is 0 Å². The molecule has 5 heteroatoms. The van der Waals surface area contributed by atoms with Crippen molar-refractivity contribution in [2.24, 2.45) is 0 Å². The maximum Gasteiger partial charge on any atom is 0.267 e. The lowest BCUT2D eigenvalue weighted by Gasteiger charge is -2.18. The Morgan fingerprint density at radius 2 is 2.00 bits per heavy atom. The number of rotatable bonds is 3. The molecule has 1 amide bonds. The SMILES string of the molecule is CC(C)(C)ONC(=O)/C=C/c1cccc(Cl)c1Cl. The third-order valence-electron chi connectivity index (χ3n) is 1.85. The van der Waals surface area contributed by atoms with E-state index in [1.807, 2.05) is 20.8 Å². The van der Waals surface area contributed by atoms with Crippen molar-refractivity contribution in [1.82, 2.24) is 5.48 Å². The van der Waals surface area contributed by atoms with E-state index in [2.05, 4.69) is 5.48 Å². The molecule has 0 unspecified atom stereocenters. The van der Waals surface area contributed by atoms with Crippen LogP contribution in [0.25, 0.3) is 6.08 Å². The zero-order valence-electron chi connectivity index (χ0n) is 10.5. The molecule has 0 aromatic heterocycles. The van der Waals surface area contributed by atoms with Crippen molar-refractivity contribution in [3.63, 3.8) is 0 Å². The summed E-state index contributed by atoms with van der Waals surface area (Å²) in [5, 5.41) is 0.866. The van der Waals surface area contributed by atoms with E-state index in [1.54, 1.807) is 24.3 Å². The molecule has 3 nitrogen and oxygen atoms in total. The minimum atomic E-state index is -0.433. The van der Waals surface area contributed by atoms with E-state index in [4.69, 9.17) is 28.0 Å². The van der Waals surface area contributed by atoms with Crippen LogP contribution in [0.15, 0.2) is 24.3 Å². The fourth-order valence-electron chi connectivity index (χ4n) is 1.05. The normalized spacial score (nSPS) is 11.8. The largest absolute Gasteiger partial charge is 0.268 e. The van der Waals surface area contributed by atoms with Crippen LogP contribution in [0.3, 0.4) is 0 Å². The van der Waals surface area contributed by atoms with Gasteiger partial charge in [-0.3, -0.25) is 9.63 Å². The number of hydroxylamine groups is 1. The van der Waals surface area contributed by atoms with Gasteiger partial charge in [-0.05, 0) is 38.5 Å². The summed E-state index contributed by atoms with van der Waals surface area (Å²) in [5.41, 5.74) is 2.57. The Morgan fingerprint density at radius 3 is 2.61 bits per heavy atom. The van der Waals surface area contributed by atoms with E-state index in [9.17, 15) is 4.79 Å². The number of amides is 1. The van der Waals surface area contributed by atoms with Crippen LogP contribution >= 0.6 is 23.2 Å². The second-order valence-corrected chi connectivity index (χ2v) is 5.44. The molecule has 1 aromatic rings. The first kappa shape index (κ1) is 15.0. The predicted octanol–water partition coefficient (Wildman–Crippen LogP) is 3.85. The summed E-state index contributed by atoms with van der Waals surface area (Å²) in [5.74, 6) is -0.360. The molecule has 0 aliphatic heterocycles. The van der Waals surface area contributed by atoms with Crippen LogP contribution in [0.2, 0.25) is 10.0 Å². The Balaban J connectivity index is 2.64. The minimum absolute atomic E-state index is 0.360. The Labute approximate surface area is 117 Å². The standard InChI is InChI=1S/C13H15Cl2NO2/c1-13(2,3)18-16-11(17)8-7-9-5-4-6-10(14)12(9)15/h4-8H,1-3H3,(H,16,17)/b8-7+. The first-order valence-electron chi connectivity index (χ1n) is 5.40. The highest BCUT2D eigenvalue weighted by Crippen LogP contribution is 2.26. The molecular formula is C13H15Cl2NO2. The molecular weight excluding hydrogens is 273 g/mol. The van der Waals surface area contributed by atoms with Gasteiger partial charge in [0, 0.05) is 6.08 Å². The highest BCUT2D eigenvalue weighted by molar-refractivity contribution is 6.42. The van der Waals surface area contributed by atoms with Crippen LogP contribution in [0.4, 0.5) is 0 Å². The fraction of sp³-hybridized carbons (Fsp3) is 0.308. The fourth-order valence-corrected chi connectivity index (χ4v) is 1.42. The van der Waals surface area contributed by atoms with Crippen LogP contribution in [-0.4, -0.2) is 11.5 Å². The third kappa shape index (κ3) is 5.08. The van der Waals surface area contributed by atoms with Gasteiger partial charge < -0.3 is 0 Å². The van der Waals surface area contributed by atoms with Crippen LogP contribution in [0.1, 0.15) is 26.3 Å². The quantitative estimate of drug-likeness (QED) is 0.677. The lowest BCUT2D eigenvalue weighted by Crippen LogP contribution is -2.32. The Hall–Kier alpha value is -1.03. The Kier molecular flexibility index (Phi) is 5.20. The summed E-state index contributed by atoms with van der Waals surface area (Å²) in [4.78, 5) is 16.6. The van der Waals surface area contributed by atoms with Crippen molar-refractivity contribution in [2.45, 2.75) is 26.4 Å². The molecule has 0 saturated heterocycles. The summed E-state index contributed by atoms with van der Waals surface area (Å²) in [7, 11) is 0. The van der Waals surface area contributed by atoms with E-state index in [0.29, 0.717) is 15.6 Å². The number of carbonyl (C=O) groups excluding carboxylic acids is 1. The summed E-state index contributed by atoms with van der Waals surface area (Å²) in [6, 6.07) is 5.21. The highest BCUT2D eigenvalue weighted by atomic mass is 35.5. The summed E-state index contributed by atoms with van der Waals surface area (Å²) in [6.07, 6.45) is 2.92. The third-order valence-corrected chi connectivity index (χ3v) is 2.69. The number of carbonyl (C=O) groups is 1. The van der Waals surface area contributed by atoms with Crippen molar-refractivity contribution in [1.29, 1.82) is 0 Å². The predicted molar refractivity (Wildman–Crippen MR) is 74.5 cm³/mol. The van der Waals surface area contributed by atoms with Crippen molar-refractivity contribution >= 4 is 35.2 Å². The zero-order valence-corrected chi connectivity index (χ0v) is 12.0. The van der Waals surface area contributed by atoms with Gasteiger partial charge in [-0.15, -0.1) is 0 Å². The van der Waals surface area contributed by atoms with E-state index in [-0.39, 0.29) is 5.91 Å². The number of hydrogen-bond acceptors (Lipinski definition) is 2. The number of benzene rings is 1. The van der Waals surface area contributed by atoms with Gasteiger partial charge in [-0.1, -0.05) is 35.3 Å². The van der Waals surface area contributed by atoms with Crippen LogP contribution in [0, 0.1) is 0 Å². The Morgan fingerprint density at radius 1 is 1.33 bits per heavy atom. The lowest BCUT2D eigenvalue weighted by molar-refractivity contribution is -0.140. The molecule has 1 rings (SSSR count). The number of halogens is 2. The Bertz CT molecular complexity index is 465. The van der Waals surface area contributed by atoms with Crippen LogP contribution in [0.5, 0.6) is 0 Å². The molecule has 0 radical (unpaired) electrons. The topological polar surface area (TPSA) is 38.3 Å². The number of hydrogen-bond donors (Lipinski definition) is 1. The molecule has 0 bridgehead atoms. The first-order chi connectivity index (χ1) is 8.29. The van der Waals surface area contributed by atoms with Gasteiger partial charge in [0.2, 0.25) is 0 Å². The molecule has 1 aromatic carbocycles. The second kappa shape index (κ2) is 6.23. The molecule has 0 aliphatic carbocycles. The van der Waals surface area contributed by atoms with Gasteiger partial charge in [0.15, 0.2) is 0 Å². The monoisotopic (exact) mass is 287 g/mol. The maximum atomic E-state index is 11.5. The van der Waals surface area contributed by atoms with Crippen molar-refractivity contribution in [2.75, 3.05) is 0 Å². The highest BCUT2D eigenvalue weighted by Gasteiger charge is 2.11. The molecule has 0 spiro atoms. The smallest absolute Gasteiger partial charge is 0.267 e. The van der Waals surface area contributed by atoms with Gasteiger partial charge in [0.1, 0.15) is 0 Å². The summed E-state index contributed by atoms with van der Waals surface area (Å²) >= 11 is 11.8. The van der Waals surface area contributed by atoms with E-state index < -0.39 is 5.60 Å². The van der Waals surface area contributed by atoms with Gasteiger partial charge in [0.05, 0.1) is 15.6 Å². The zero-order chi connectivity index (χ0) is 13.8. The van der Waals surface area contributed by atoms with Crippen molar-refractivity contribution < 1.29 is 9.63 Å². The van der Waals surface area contributed by atoms with E-state index in [1.165, 1.54) is 6.08 Å². The van der Waals surface area contributed by atoms with Crippen LogP contribution < -0.4 is 5.48 Å². The van der Waals surface area contributed by atoms with Crippen molar-refractivity contribution in [3.8, 4) is 0 Å². The average Bonchev–Trinajstić information content (AvgIpc) is 2.27. The molecule has 98 valence electrons. The summed E-state index contributed by atoms with van der Waals surface area (Å²) < 4.78 is 0. The maximum absolute atomic E-state index is 11.5. The van der Waals surface area contributed by atoms with Crippen molar-refractivity contribution in [3.05, 3.63) is 39.9 Å². The molecule has 0 heterocycles. The first-order valence-corrected chi connectivity index (χ1v) is 6.15. The molecule has 0 atom stereocenters. The van der Waals surface area contributed by atoms with E-state index >= 15 is 0 Å². The van der Waals surface area contributed by atoms with Gasteiger partial charge >= 0.3 is 0 Å². The number of nitrogens with one attached hydrogen (secondary N) is 1. The average molecular weight is 288 g/mol. The summed E-state index contributed by atoms with van der Waals surface area (Å²) in [6.45, 7) is 5.51. The molecule has 0 aliphatic rings. The molecule has 0 fully saturated rings.